The maximum Gasteiger partial charge on any atom is 0.268 e. The number of halogens is 1. The second-order valence-corrected chi connectivity index (χ2v) is 7.72. The van der Waals surface area contributed by atoms with E-state index in [0.717, 1.165) is 10.0 Å². The van der Waals surface area contributed by atoms with Gasteiger partial charge in [-0.2, -0.15) is 0 Å². The van der Waals surface area contributed by atoms with E-state index in [0.29, 0.717) is 29.2 Å². The van der Waals surface area contributed by atoms with Crippen LogP contribution in [0.3, 0.4) is 0 Å². The number of hydrogen-bond donors (Lipinski definition) is 2. The predicted octanol–water partition coefficient (Wildman–Crippen LogP) is 4.27. The first kappa shape index (κ1) is 20.7. The summed E-state index contributed by atoms with van der Waals surface area (Å²) in [5, 5.41) is 5.58. The number of carbonyl (C=O) groups excluding carboxylic acids is 2. The average Bonchev–Trinajstić information content (AvgIpc) is 3.26. The Morgan fingerprint density at radius 3 is 2.45 bits per heavy atom. The lowest BCUT2D eigenvalue weighted by molar-refractivity contribution is -0.117. The van der Waals surface area contributed by atoms with Gasteiger partial charge in [-0.05, 0) is 53.6 Å². The van der Waals surface area contributed by atoms with Gasteiger partial charge in [-0.3, -0.25) is 9.59 Å². The van der Waals surface area contributed by atoms with Gasteiger partial charge >= 0.3 is 0 Å². The molecule has 3 aromatic rings. The van der Waals surface area contributed by atoms with Crippen LogP contribution in [0.25, 0.3) is 6.08 Å². The molecule has 2 amide bonds. The van der Waals surface area contributed by atoms with E-state index in [1.54, 1.807) is 48.5 Å². The number of rotatable bonds is 6. The van der Waals surface area contributed by atoms with Crippen LogP contribution in [0, 0.1) is 0 Å². The van der Waals surface area contributed by atoms with Crippen molar-refractivity contribution in [2.75, 3.05) is 6.79 Å². The molecule has 0 bridgehead atoms. The summed E-state index contributed by atoms with van der Waals surface area (Å²) in [7, 11) is 0. The Morgan fingerprint density at radius 1 is 0.935 bits per heavy atom. The average molecular weight is 479 g/mol. The molecule has 0 spiro atoms. The van der Waals surface area contributed by atoms with Gasteiger partial charge in [0.05, 0.1) is 0 Å². The van der Waals surface area contributed by atoms with Crippen molar-refractivity contribution in [1.29, 1.82) is 0 Å². The van der Waals surface area contributed by atoms with Gasteiger partial charge in [0.1, 0.15) is 5.70 Å². The molecule has 156 valence electrons. The Morgan fingerprint density at radius 2 is 1.68 bits per heavy atom. The van der Waals surface area contributed by atoms with E-state index < -0.39 is 5.91 Å². The van der Waals surface area contributed by atoms with Gasteiger partial charge in [-0.25, -0.2) is 0 Å². The second-order valence-electron chi connectivity index (χ2n) is 6.80. The van der Waals surface area contributed by atoms with Crippen molar-refractivity contribution >= 4 is 33.8 Å². The number of benzene rings is 3. The first-order valence-electron chi connectivity index (χ1n) is 9.59. The van der Waals surface area contributed by atoms with Gasteiger partial charge in [0, 0.05) is 16.6 Å². The van der Waals surface area contributed by atoms with Crippen molar-refractivity contribution in [2.24, 2.45) is 0 Å². The van der Waals surface area contributed by atoms with Crippen molar-refractivity contribution < 1.29 is 19.1 Å². The summed E-state index contributed by atoms with van der Waals surface area (Å²) < 4.78 is 11.6. The van der Waals surface area contributed by atoms with Crippen molar-refractivity contribution in [3.05, 3.63) is 99.7 Å². The maximum absolute atomic E-state index is 12.9. The highest BCUT2D eigenvalue weighted by Crippen LogP contribution is 2.33. The van der Waals surface area contributed by atoms with Crippen molar-refractivity contribution in [3.63, 3.8) is 0 Å². The quantitative estimate of drug-likeness (QED) is 0.518. The number of ether oxygens (including phenoxy) is 2. The molecule has 0 radical (unpaired) electrons. The second kappa shape index (κ2) is 9.49. The third-order valence-corrected chi connectivity index (χ3v) is 5.13. The Bertz CT molecular complexity index is 1130. The summed E-state index contributed by atoms with van der Waals surface area (Å²) in [4.78, 5) is 25.6. The number of hydrogen-bond acceptors (Lipinski definition) is 4. The number of fused-ring (bicyclic) bond motifs is 1. The van der Waals surface area contributed by atoms with Crippen LogP contribution in [-0.2, 0) is 11.3 Å². The van der Waals surface area contributed by atoms with E-state index in [9.17, 15) is 9.59 Å². The normalized spacial score (nSPS) is 12.4. The molecule has 6 nitrogen and oxygen atoms in total. The number of carbonyl (C=O) groups is 2. The van der Waals surface area contributed by atoms with E-state index in [4.69, 9.17) is 9.47 Å². The largest absolute Gasteiger partial charge is 0.454 e. The molecular weight excluding hydrogens is 460 g/mol. The van der Waals surface area contributed by atoms with Gasteiger partial charge in [0.15, 0.2) is 11.5 Å². The van der Waals surface area contributed by atoms with Crippen LogP contribution >= 0.6 is 15.9 Å². The van der Waals surface area contributed by atoms with E-state index in [-0.39, 0.29) is 18.4 Å². The topological polar surface area (TPSA) is 76.7 Å². The smallest absolute Gasteiger partial charge is 0.268 e. The summed E-state index contributed by atoms with van der Waals surface area (Å²) in [6, 6.07) is 21.8. The van der Waals surface area contributed by atoms with Crippen LogP contribution < -0.4 is 20.1 Å². The zero-order valence-electron chi connectivity index (χ0n) is 16.4. The SMILES string of the molecule is O=C(NCc1ccccc1)C(=Cc1ccc2c(c1)OCO2)NC(=O)c1ccc(Br)cc1. The van der Waals surface area contributed by atoms with Gasteiger partial charge in [-0.1, -0.05) is 52.3 Å². The molecule has 0 fully saturated rings. The Hall–Kier alpha value is -3.58. The fourth-order valence-corrected chi connectivity index (χ4v) is 3.26. The highest BCUT2D eigenvalue weighted by Gasteiger charge is 2.17. The number of nitrogens with one attached hydrogen (secondary N) is 2. The minimum atomic E-state index is -0.396. The maximum atomic E-state index is 12.9. The molecule has 0 aliphatic carbocycles. The first-order valence-corrected chi connectivity index (χ1v) is 10.4. The van der Waals surface area contributed by atoms with Crippen molar-refractivity contribution in [2.45, 2.75) is 6.54 Å². The molecule has 1 aliphatic rings. The highest BCUT2D eigenvalue weighted by molar-refractivity contribution is 9.10. The van der Waals surface area contributed by atoms with E-state index in [1.807, 2.05) is 30.3 Å². The monoisotopic (exact) mass is 478 g/mol. The first-order chi connectivity index (χ1) is 15.1. The minimum absolute atomic E-state index is 0.128. The molecule has 4 rings (SSSR count). The van der Waals surface area contributed by atoms with Crippen molar-refractivity contribution in [1.82, 2.24) is 10.6 Å². The summed E-state index contributed by atoms with van der Waals surface area (Å²) in [6.45, 7) is 0.500. The molecule has 0 saturated heterocycles. The van der Waals surface area contributed by atoms with Gasteiger partial charge in [0.2, 0.25) is 6.79 Å². The van der Waals surface area contributed by atoms with Crippen LogP contribution in [0.15, 0.2) is 83.0 Å². The summed E-state index contributed by atoms with van der Waals surface area (Å²) in [5.41, 5.74) is 2.22. The van der Waals surface area contributed by atoms with Crippen LogP contribution in [0.1, 0.15) is 21.5 Å². The molecule has 0 saturated carbocycles. The third kappa shape index (κ3) is 5.32. The molecule has 0 aromatic heterocycles. The van der Waals surface area contributed by atoms with Crippen LogP contribution in [0.4, 0.5) is 0 Å². The summed E-state index contributed by atoms with van der Waals surface area (Å²) in [5.74, 6) is 0.462. The van der Waals surface area contributed by atoms with Crippen LogP contribution in [-0.4, -0.2) is 18.6 Å². The minimum Gasteiger partial charge on any atom is -0.454 e. The molecule has 1 heterocycles. The fourth-order valence-electron chi connectivity index (χ4n) is 3.00. The Labute approximate surface area is 188 Å². The lowest BCUT2D eigenvalue weighted by Gasteiger charge is -2.12. The number of amides is 2. The van der Waals surface area contributed by atoms with Gasteiger partial charge in [-0.15, -0.1) is 0 Å². The van der Waals surface area contributed by atoms with Crippen LogP contribution in [0.2, 0.25) is 0 Å². The molecule has 0 unspecified atom stereocenters. The third-order valence-electron chi connectivity index (χ3n) is 4.60. The van der Waals surface area contributed by atoms with E-state index in [1.165, 1.54) is 0 Å². The molecule has 31 heavy (non-hydrogen) atoms. The van der Waals surface area contributed by atoms with E-state index >= 15 is 0 Å². The predicted molar refractivity (Wildman–Crippen MR) is 120 cm³/mol. The van der Waals surface area contributed by atoms with Crippen LogP contribution in [0.5, 0.6) is 11.5 Å². The molecule has 0 atom stereocenters. The standard InChI is InChI=1S/C24H19BrN2O4/c25-19-9-7-18(8-10-19)23(28)27-20(24(29)26-14-16-4-2-1-3-5-16)12-17-6-11-21-22(13-17)31-15-30-21/h1-13H,14-15H2,(H,26,29)(H,27,28). The Kier molecular flexibility index (Phi) is 6.33. The Balaban J connectivity index is 1.57. The van der Waals surface area contributed by atoms with Crippen molar-refractivity contribution in [3.8, 4) is 11.5 Å². The van der Waals surface area contributed by atoms with E-state index in [2.05, 4.69) is 26.6 Å². The van der Waals surface area contributed by atoms with Gasteiger partial charge in [0.25, 0.3) is 11.8 Å². The molecule has 2 N–H and O–H groups in total. The molecular formula is C24H19BrN2O4. The molecule has 3 aromatic carbocycles. The fraction of sp³-hybridized carbons (Fsp3) is 0.0833. The zero-order chi connectivity index (χ0) is 21.6. The van der Waals surface area contributed by atoms with Gasteiger partial charge < -0.3 is 20.1 Å². The molecule has 7 heteroatoms. The summed E-state index contributed by atoms with van der Waals surface area (Å²) in [6.07, 6.45) is 1.61. The lowest BCUT2D eigenvalue weighted by atomic mass is 10.1. The summed E-state index contributed by atoms with van der Waals surface area (Å²) >= 11 is 3.35. The highest BCUT2D eigenvalue weighted by atomic mass is 79.9. The molecule has 1 aliphatic heterocycles. The zero-order valence-corrected chi connectivity index (χ0v) is 18.0. The lowest BCUT2D eigenvalue weighted by Crippen LogP contribution is -2.34.